The van der Waals surface area contributed by atoms with Gasteiger partial charge in [-0.3, -0.25) is 4.79 Å². The fraction of sp³-hybridized carbons (Fsp3) is 0.500. The van der Waals surface area contributed by atoms with Gasteiger partial charge in [-0.2, -0.15) is 0 Å². The van der Waals surface area contributed by atoms with Crippen LogP contribution in [0.2, 0.25) is 0 Å². The summed E-state index contributed by atoms with van der Waals surface area (Å²) in [6.07, 6.45) is 9.17. The standard InChI is InChI=1S/C14H20N2O/c1-4-9-15-12-7-8-13(15)14(17)16(10-5-2)11-6-3/h2,7-8,12H,4,6,9-11H2,1,3H3. The van der Waals surface area contributed by atoms with Gasteiger partial charge in [0, 0.05) is 19.3 Å². The number of carbonyl (C=O) groups is 1. The molecule has 3 heteroatoms. The fourth-order valence-corrected chi connectivity index (χ4v) is 1.84. The molecule has 92 valence electrons. The van der Waals surface area contributed by atoms with Gasteiger partial charge in [-0.25, -0.2) is 0 Å². The summed E-state index contributed by atoms with van der Waals surface area (Å²) < 4.78 is 1.99. The summed E-state index contributed by atoms with van der Waals surface area (Å²) >= 11 is 0. The Labute approximate surface area is 103 Å². The zero-order valence-corrected chi connectivity index (χ0v) is 10.6. The van der Waals surface area contributed by atoms with Crippen LogP contribution in [0.3, 0.4) is 0 Å². The minimum atomic E-state index is 0.0308. The lowest BCUT2D eigenvalue weighted by Crippen LogP contribution is -2.33. The number of hydrogen-bond acceptors (Lipinski definition) is 1. The van der Waals surface area contributed by atoms with Crippen LogP contribution in [0, 0.1) is 12.3 Å². The van der Waals surface area contributed by atoms with Crippen LogP contribution in [0.4, 0.5) is 0 Å². The SMILES string of the molecule is C#CCN(CCC)C(=O)c1cccn1CCC. The van der Waals surface area contributed by atoms with Gasteiger partial charge >= 0.3 is 0 Å². The van der Waals surface area contributed by atoms with E-state index in [-0.39, 0.29) is 5.91 Å². The van der Waals surface area contributed by atoms with Crippen molar-refractivity contribution in [2.75, 3.05) is 13.1 Å². The molecule has 1 rings (SSSR count). The Bertz CT molecular complexity index is 401. The van der Waals surface area contributed by atoms with Crippen LogP contribution in [-0.2, 0) is 6.54 Å². The molecule has 1 aromatic rings. The molecule has 0 radical (unpaired) electrons. The predicted octanol–water partition coefficient (Wildman–Crippen LogP) is 2.38. The van der Waals surface area contributed by atoms with Crippen LogP contribution in [0.25, 0.3) is 0 Å². The largest absolute Gasteiger partial charge is 0.344 e. The Hall–Kier alpha value is -1.69. The minimum Gasteiger partial charge on any atom is -0.344 e. The van der Waals surface area contributed by atoms with Gasteiger partial charge in [0.05, 0.1) is 6.54 Å². The molecular weight excluding hydrogens is 212 g/mol. The first-order valence-electron chi connectivity index (χ1n) is 6.12. The maximum atomic E-state index is 12.3. The van der Waals surface area contributed by atoms with Crippen molar-refractivity contribution in [3.63, 3.8) is 0 Å². The number of nitrogens with zero attached hydrogens (tertiary/aromatic N) is 2. The number of terminal acetylenes is 1. The highest BCUT2D eigenvalue weighted by Gasteiger charge is 2.16. The lowest BCUT2D eigenvalue weighted by atomic mass is 10.3. The van der Waals surface area contributed by atoms with Crippen LogP contribution in [-0.4, -0.2) is 28.5 Å². The molecule has 0 aliphatic heterocycles. The molecule has 1 aromatic heterocycles. The van der Waals surface area contributed by atoms with E-state index in [0.717, 1.165) is 25.1 Å². The lowest BCUT2D eigenvalue weighted by molar-refractivity contribution is 0.0766. The molecule has 1 heterocycles. The molecule has 1 amide bonds. The molecule has 0 N–H and O–H groups in total. The van der Waals surface area contributed by atoms with Gasteiger partial charge < -0.3 is 9.47 Å². The average molecular weight is 232 g/mol. The van der Waals surface area contributed by atoms with Crippen molar-refractivity contribution < 1.29 is 4.79 Å². The summed E-state index contributed by atoms with van der Waals surface area (Å²) in [7, 11) is 0. The zero-order chi connectivity index (χ0) is 12.7. The Morgan fingerprint density at radius 3 is 2.82 bits per heavy atom. The first kappa shape index (κ1) is 13.4. The van der Waals surface area contributed by atoms with Gasteiger partial charge in [-0.05, 0) is 25.0 Å². The van der Waals surface area contributed by atoms with Crippen LogP contribution in [0.1, 0.15) is 37.2 Å². The number of amides is 1. The van der Waals surface area contributed by atoms with Crippen LogP contribution in [0.5, 0.6) is 0 Å². The molecule has 0 aliphatic carbocycles. The number of carbonyl (C=O) groups excluding carboxylic acids is 1. The monoisotopic (exact) mass is 232 g/mol. The number of hydrogen-bond donors (Lipinski definition) is 0. The summed E-state index contributed by atoms with van der Waals surface area (Å²) in [5, 5.41) is 0. The summed E-state index contributed by atoms with van der Waals surface area (Å²) in [5.41, 5.74) is 0.732. The Kier molecular flexibility index (Phi) is 5.35. The molecule has 0 saturated carbocycles. The molecule has 0 saturated heterocycles. The van der Waals surface area contributed by atoms with E-state index in [1.54, 1.807) is 4.90 Å². The number of rotatable bonds is 6. The highest BCUT2D eigenvalue weighted by atomic mass is 16.2. The second kappa shape index (κ2) is 6.80. The van der Waals surface area contributed by atoms with E-state index in [4.69, 9.17) is 6.42 Å². The van der Waals surface area contributed by atoms with Crippen molar-refractivity contribution in [1.82, 2.24) is 9.47 Å². The van der Waals surface area contributed by atoms with Gasteiger partial charge in [0.15, 0.2) is 0 Å². The van der Waals surface area contributed by atoms with Gasteiger partial charge in [0.2, 0.25) is 0 Å². The molecule has 17 heavy (non-hydrogen) atoms. The smallest absolute Gasteiger partial charge is 0.271 e. The first-order valence-corrected chi connectivity index (χ1v) is 6.12. The first-order chi connectivity index (χ1) is 8.24. The van der Waals surface area contributed by atoms with Gasteiger partial charge in [-0.1, -0.05) is 19.8 Å². The van der Waals surface area contributed by atoms with Gasteiger partial charge in [-0.15, -0.1) is 6.42 Å². The summed E-state index contributed by atoms with van der Waals surface area (Å²) in [6, 6.07) is 3.76. The van der Waals surface area contributed by atoms with Crippen LogP contribution >= 0.6 is 0 Å². The van der Waals surface area contributed by atoms with Crippen molar-refractivity contribution in [3.05, 3.63) is 24.0 Å². The number of aryl methyl sites for hydroxylation is 1. The van der Waals surface area contributed by atoms with E-state index < -0.39 is 0 Å². The third kappa shape index (κ3) is 3.39. The molecule has 0 bridgehead atoms. The maximum Gasteiger partial charge on any atom is 0.271 e. The van der Waals surface area contributed by atoms with Crippen LogP contribution in [0.15, 0.2) is 18.3 Å². The lowest BCUT2D eigenvalue weighted by Gasteiger charge is -2.20. The highest BCUT2D eigenvalue weighted by Crippen LogP contribution is 2.08. The van der Waals surface area contributed by atoms with E-state index in [9.17, 15) is 4.79 Å². The van der Waals surface area contributed by atoms with Crippen molar-refractivity contribution in [1.29, 1.82) is 0 Å². The summed E-state index contributed by atoms with van der Waals surface area (Å²) in [6.45, 7) is 6.09. The van der Waals surface area contributed by atoms with Gasteiger partial charge in [0.1, 0.15) is 5.69 Å². The highest BCUT2D eigenvalue weighted by molar-refractivity contribution is 5.93. The number of aromatic nitrogens is 1. The van der Waals surface area contributed by atoms with E-state index in [2.05, 4.69) is 12.8 Å². The van der Waals surface area contributed by atoms with Crippen molar-refractivity contribution >= 4 is 5.91 Å². The third-order valence-corrected chi connectivity index (χ3v) is 2.58. The van der Waals surface area contributed by atoms with Crippen molar-refractivity contribution in [2.24, 2.45) is 0 Å². The second-order valence-corrected chi connectivity index (χ2v) is 4.02. The van der Waals surface area contributed by atoms with E-state index >= 15 is 0 Å². The molecule has 0 fully saturated rings. The van der Waals surface area contributed by atoms with E-state index in [1.165, 1.54) is 0 Å². The average Bonchev–Trinajstić information content (AvgIpc) is 2.77. The van der Waals surface area contributed by atoms with E-state index in [1.807, 2.05) is 29.8 Å². The predicted molar refractivity (Wildman–Crippen MR) is 69.8 cm³/mol. The molecule has 0 unspecified atom stereocenters. The minimum absolute atomic E-state index is 0.0308. The molecule has 0 aliphatic rings. The summed E-state index contributed by atoms with van der Waals surface area (Å²) in [5.74, 6) is 2.57. The zero-order valence-electron chi connectivity index (χ0n) is 10.6. The maximum absolute atomic E-state index is 12.3. The molecule has 0 aromatic carbocycles. The second-order valence-electron chi connectivity index (χ2n) is 4.02. The molecule has 3 nitrogen and oxygen atoms in total. The van der Waals surface area contributed by atoms with Gasteiger partial charge in [0.25, 0.3) is 5.91 Å². The molecule has 0 atom stereocenters. The Morgan fingerprint density at radius 2 is 2.24 bits per heavy atom. The van der Waals surface area contributed by atoms with Crippen molar-refractivity contribution in [3.8, 4) is 12.3 Å². The van der Waals surface area contributed by atoms with E-state index in [0.29, 0.717) is 13.1 Å². The topological polar surface area (TPSA) is 25.2 Å². The Morgan fingerprint density at radius 1 is 1.47 bits per heavy atom. The quantitative estimate of drug-likeness (QED) is 0.691. The third-order valence-electron chi connectivity index (χ3n) is 2.58. The summed E-state index contributed by atoms with van der Waals surface area (Å²) in [4.78, 5) is 14.0. The molecular formula is C14H20N2O. The van der Waals surface area contributed by atoms with Crippen LogP contribution < -0.4 is 0 Å². The normalized spacial score (nSPS) is 9.94. The molecule has 0 spiro atoms. The fourth-order valence-electron chi connectivity index (χ4n) is 1.84. The van der Waals surface area contributed by atoms with Crippen molar-refractivity contribution in [2.45, 2.75) is 33.2 Å². The Balaban J connectivity index is 2.85.